The van der Waals surface area contributed by atoms with E-state index in [2.05, 4.69) is 20.4 Å². The third kappa shape index (κ3) is 4.92. The predicted octanol–water partition coefficient (Wildman–Crippen LogP) is 3.25. The first-order chi connectivity index (χ1) is 15.2. The van der Waals surface area contributed by atoms with Crippen molar-refractivity contribution in [1.29, 1.82) is 0 Å². The second-order valence-corrected chi connectivity index (χ2v) is 7.01. The van der Waals surface area contributed by atoms with Crippen LogP contribution in [0, 0.1) is 0 Å². The molecule has 160 valence electrons. The lowest BCUT2D eigenvalue weighted by Crippen LogP contribution is -2.36. The van der Waals surface area contributed by atoms with Gasteiger partial charge in [0.1, 0.15) is 11.5 Å². The number of carbonyl (C=O) groups is 1. The fourth-order valence-corrected chi connectivity index (χ4v) is 3.31. The van der Waals surface area contributed by atoms with Crippen LogP contribution in [0.15, 0.2) is 54.6 Å². The van der Waals surface area contributed by atoms with E-state index in [4.69, 9.17) is 14.2 Å². The molecule has 0 atom stereocenters. The summed E-state index contributed by atoms with van der Waals surface area (Å²) < 4.78 is 15.8. The summed E-state index contributed by atoms with van der Waals surface area (Å²) in [5.74, 6) is 1.71. The molecule has 0 radical (unpaired) electrons. The van der Waals surface area contributed by atoms with Gasteiger partial charge in [0.15, 0.2) is 5.82 Å². The summed E-state index contributed by atoms with van der Waals surface area (Å²) >= 11 is 0. The molecule has 1 aliphatic rings. The van der Waals surface area contributed by atoms with E-state index >= 15 is 0 Å². The van der Waals surface area contributed by atoms with E-state index in [0.29, 0.717) is 36.0 Å². The highest BCUT2D eigenvalue weighted by molar-refractivity contribution is 6.04. The van der Waals surface area contributed by atoms with E-state index in [1.165, 1.54) is 0 Å². The highest BCUT2D eigenvalue weighted by atomic mass is 16.5. The monoisotopic (exact) mass is 420 g/mol. The molecule has 0 saturated carbocycles. The summed E-state index contributed by atoms with van der Waals surface area (Å²) in [4.78, 5) is 14.8. The molecule has 2 aromatic carbocycles. The Bertz CT molecular complexity index is 1010. The van der Waals surface area contributed by atoms with Gasteiger partial charge in [0.05, 0.1) is 33.1 Å². The van der Waals surface area contributed by atoms with Crippen LogP contribution in [-0.2, 0) is 4.74 Å². The Morgan fingerprint density at radius 3 is 2.19 bits per heavy atom. The van der Waals surface area contributed by atoms with Gasteiger partial charge in [0, 0.05) is 36.0 Å². The number of amides is 1. The minimum absolute atomic E-state index is 0.250. The molecule has 1 saturated heterocycles. The fraction of sp³-hybridized carbons (Fsp3) is 0.261. The first kappa shape index (κ1) is 20.6. The van der Waals surface area contributed by atoms with Crippen molar-refractivity contribution in [2.45, 2.75) is 0 Å². The van der Waals surface area contributed by atoms with Crippen LogP contribution in [0.4, 0.5) is 11.5 Å². The van der Waals surface area contributed by atoms with E-state index < -0.39 is 0 Å². The van der Waals surface area contributed by atoms with Gasteiger partial charge in [-0.3, -0.25) is 4.79 Å². The van der Waals surface area contributed by atoms with E-state index in [9.17, 15) is 4.79 Å². The largest absolute Gasteiger partial charge is 0.497 e. The molecule has 0 unspecified atom stereocenters. The van der Waals surface area contributed by atoms with E-state index in [1.807, 2.05) is 36.4 Å². The van der Waals surface area contributed by atoms with Crippen LogP contribution in [0.2, 0.25) is 0 Å². The maximum atomic E-state index is 12.6. The normalized spacial score (nSPS) is 13.5. The molecule has 8 nitrogen and oxygen atoms in total. The van der Waals surface area contributed by atoms with Gasteiger partial charge < -0.3 is 24.4 Å². The summed E-state index contributed by atoms with van der Waals surface area (Å²) in [7, 11) is 3.09. The molecule has 8 heteroatoms. The predicted molar refractivity (Wildman–Crippen MR) is 118 cm³/mol. The quantitative estimate of drug-likeness (QED) is 0.655. The SMILES string of the molecule is COc1cc(OC)cc(C(=O)Nc2ccc(-c3ccc(N4CCOCC4)nn3)cc2)c1. The molecule has 0 spiro atoms. The van der Waals surface area contributed by atoms with Crippen molar-refractivity contribution in [1.82, 2.24) is 10.2 Å². The Morgan fingerprint density at radius 2 is 1.61 bits per heavy atom. The lowest BCUT2D eigenvalue weighted by molar-refractivity contribution is 0.102. The van der Waals surface area contributed by atoms with Crippen LogP contribution in [-0.4, -0.2) is 56.6 Å². The molecule has 1 aliphatic heterocycles. The van der Waals surface area contributed by atoms with Gasteiger partial charge in [-0.1, -0.05) is 12.1 Å². The van der Waals surface area contributed by atoms with Gasteiger partial charge in [0.25, 0.3) is 5.91 Å². The average molecular weight is 420 g/mol. The smallest absolute Gasteiger partial charge is 0.255 e. The molecule has 2 heterocycles. The number of nitrogens with one attached hydrogen (secondary N) is 1. The van der Waals surface area contributed by atoms with Gasteiger partial charge in [-0.2, -0.15) is 0 Å². The first-order valence-corrected chi connectivity index (χ1v) is 9.97. The van der Waals surface area contributed by atoms with Gasteiger partial charge in [-0.05, 0) is 36.4 Å². The summed E-state index contributed by atoms with van der Waals surface area (Å²) in [5, 5.41) is 11.6. The molecule has 1 fully saturated rings. The molecule has 1 aromatic heterocycles. The second kappa shape index (κ2) is 9.44. The number of anilines is 2. The minimum atomic E-state index is -0.250. The molecule has 1 N–H and O–H groups in total. The van der Waals surface area contributed by atoms with E-state index in [1.54, 1.807) is 32.4 Å². The molecule has 0 bridgehead atoms. The van der Waals surface area contributed by atoms with Crippen molar-refractivity contribution in [3.05, 3.63) is 60.2 Å². The maximum absolute atomic E-state index is 12.6. The van der Waals surface area contributed by atoms with E-state index in [0.717, 1.165) is 30.2 Å². The zero-order valence-electron chi connectivity index (χ0n) is 17.5. The zero-order chi connectivity index (χ0) is 21.6. The van der Waals surface area contributed by atoms with Gasteiger partial charge in [0.2, 0.25) is 0 Å². The van der Waals surface area contributed by atoms with Gasteiger partial charge >= 0.3 is 0 Å². The third-order valence-electron chi connectivity index (χ3n) is 5.04. The van der Waals surface area contributed by atoms with E-state index in [-0.39, 0.29) is 5.91 Å². The summed E-state index contributed by atoms with van der Waals surface area (Å²) in [6, 6.07) is 16.4. The van der Waals surface area contributed by atoms with Crippen LogP contribution in [0.3, 0.4) is 0 Å². The van der Waals surface area contributed by atoms with Crippen LogP contribution < -0.4 is 19.7 Å². The van der Waals surface area contributed by atoms with Crippen LogP contribution in [0.25, 0.3) is 11.3 Å². The van der Waals surface area contributed by atoms with Crippen LogP contribution in [0.1, 0.15) is 10.4 Å². The van der Waals surface area contributed by atoms with Crippen molar-refractivity contribution < 1.29 is 19.0 Å². The minimum Gasteiger partial charge on any atom is -0.497 e. The number of carbonyl (C=O) groups excluding carboxylic acids is 1. The number of rotatable bonds is 6. The molecule has 4 rings (SSSR count). The lowest BCUT2D eigenvalue weighted by atomic mass is 10.1. The Labute approximate surface area is 180 Å². The molecule has 0 aliphatic carbocycles. The number of methoxy groups -OCH3 is 2. The van der Waals surface area contributed by atoms with Gasteiger partial charge in [-0.25, -0.2) is 0 Å². The number of morpholine rings is 1. The highest BCUT2D eigenvalue weighted by Gasteiger charge is 2.13. The number of hydrogen-bond acceptors (Lipinski definition) is 7. The average Bonchev–Trinajstić information content (AvgIpc) is 2.84. The standard InChI is InChI=1S/C23H24N4O4/c1-29-19-13-17(14-20(15-19)30-2)23(28)24-18-5-3-16(4-6-18)21-7-8-22(26-25-21)27-9-11-31-12-10-27/h3-8,13-15H,9-12H2,1-2H3,(H,24,28). The number of aromatic nitrogens is 2. The Morgan fingerprint density at radius 1 is 0.935 bits per heavy atom. The second-order valence-electron chi connectivity index (χ2n) is 7.01. The van der Waals surface area contributed by atoms with Crippen LogP contribution >= 0.6 is 0 Å². The topological polar surface area (TPSA) is 85.8 Å². The number of benzene rings is 2. The Balaban J connectivity index is 1.44. The third-order valence-corrected chi connectivity index (χ3v) is 5.04. The fourth-order valence-electron chi connectivity index (χ4n) is 3.31. The molecule has 31 heavy (non-hydrogen) atoms. The number of ether oxygens (including phenoxy) is 3. The molecular formula is C23H24N4O4. The Kier molecular flexibility index (Phi) is 6.28. The molecule has 3 aromatic rings. The number of nitrogens with zero attached hydrogens (tertiary/aromatic N) is 3. The summed E-state index contributed by atoms with van der Waals surface area (Å²) in [6.45, 7) is 3.06. The first-order valence-electron chi connectivity index (χ1n) is 9.97. The number of hydrogen-bond donors (Lipinski definition) is 1. The lowest BCUT2D eigenvalue weighted by Gasteiger charge is -2.27. The van der Waals surface area contributed by atoms with Crippen molar-refractivity contribution in [2.75, 3.05) is 50.7 Å². The Hall–Kier alpha value is -3.65. The summed E-state index contributed by atoms with van der Waals surface area (Å²) in [5.41, 5.74) is 2.81. The van der Waals surface area contributed by atoms with Crippen molar-refractivity contribution in [2.24, 2.45) is 0 Å². The van der Waals surface area contributed by atoms with Gasteiger partial charge in [-0.15, -0.1) is 10.2 Å². The van der Waals surface area contributed by atoms with Crippen molar-refractivity contribution in [3.8, 4) is 22.8 Å². The zero-order valence-corrected chi connectivity index (χ0v) is 17.5. The maximum Gasteiger partial charge on any atom is 0.255 e. The van der Waals surface area contributed by atoms with Crippen LogP contribution in [0.5, 0.6) is 11.5 Å². The highest BCUT2D eigenvalue weighted by Crippen LogP contribution is 2.24. The summed E-state index contributed by atoms with van der Waals surface area (Å²) in [6.07, 6.45) is 0. The molecule has 1 amide bonds. The van der Waals surface area contributed by atoms with Crippen molar-refractivity contribution in [3.63, 3.8) is 0 Å². The van der Waals surface area contributed by atoms with Crippen molar-refractivity contribution >= 4 is 17.4 Å². The molecular weight excluding hydrogens is 396 g/mol.